The van der Waals surface area contributed by atoms with Crippen LogP contribution in [0.5, 0.6) is 0 Å². The molecule has 0 bridgehead atoms. The number of hydrogen-bond donors (Lipinski definition) is 3. The highest BCUT2D eigenvalue weighted by Gasteiger charge is 2.18. The zero-order valence-corrected chi connectivity index (χ0v) is 17.7. The quantitative estimate of drug-likeness (QED) is 0.427. The number of hydrogen-bond acceptors (Lipinski definition) is 5. The van der Waals surface area contributed by atoms with Gasteiger partial charge >= 0.3 is 0 Å². The van der Waals surface area contributed by atoms with Crippen LogP contribution in [0.3, 0.4) is 0 Å². The van der Waals surface area contributed by atoms with Gasteiger partial charge < -0.3 is 16.8 Å². The number of nitrogens with one attached hydrogen (secondary N) is 1. The van der Waals surface area contributed by atoms with Gasteiger partial charge in [0.25, 0.3) is 0 Å². The molecule has 0 spiro atoms. The highest BCUT2D eigenvalue weighted by atomic mass is 16.1. The first-order valence-corrected chi connectivity index (χ1v) is 10.3. The molecule has 0 radical (unpaired) electrons. The number of anilines is 1. The second-order valence-electron chi connectivity index (χ2n) is 7.75. The maximum atomic E-state index is 11.9. The van der Waals surface area contributed by atoms with E-state index in [9.17, 15) is 4.79 Å². The molecular weight excluding hydrogens is 388 g/mol. The molecule has 2 aromatic heterocycles. The number of primary amides is 1. The fourth-order valence-corrected chi connectivity index (χ4v) is 3.72. The van der Waals surface area contributed by atoms with Crippen LogP contribution in [0, 0.1) is 0 Å². The van der Waals surface area contributed by atoms with Crippen molar-refractivity contribution in [2.75, 3.05) is 5.32 Å². The van der Waals surface area contributed by atoms with Gasteiger partial charge in [0.15, 0.2) is 0 Å². The summed E-state index contributed by atoms with van der Waals surface area (Å²) in [5, 5.41) is 4.20. The third-order valence-electron chi connectivity index (χ3n) is 5.33. The van der Waals surface area contributed by atoms with Crippen LogP contribution in [-0.4, -0.2) is 20.4 Å². The third-order valence-corrected chi connectivity index (χ3v) is 5.33. The molecule has 0 atom stereocenters. The highest BCUT2D eigenvalue weighted by molar-refractivity contribution is 6.06. The Morgan fingerprint density at radius 2 is 1.90 bits per heavy atom. The number of aromatic nitrogens is 3. The first-order valence-electron chi connectivity index (χ1n) is 10.3. The summed E-state index contributed by atoms with van der Waals surface area (Å²) in [6.45, 7) is 5.15. The molecule has 7 nitrogen and oxygen atoms in total. The second-order valence-corrected chi connectivity index (χ2v) is 7.75. The average Bonchev–Trinajstić information content (AvgIpc) is 3.16. The molecule has 2 aromatic carbocycles. The first kappa shape index (κ1) is 20.6. The number of nitrogens with two attached hydrogens (primary N) is 2. The van der Waals surface area contributed by atoms with Crippen molar-refractivity contribution in [1.29, 1.82) is 0 Å². The lowest BCUT2D eigenvalue weighted by atomic mass is 10.1. The van der Waals surface area contributed by atoms with Crippen molar-refractivity contribution in [2.45, 2.75) is 32.9 Å². The van der Waals surface area contributed by atoms with E-state index in [0.29, 0.717) is 18.1 Å². The molecule has 4 aromatic rings. The monoisotopic (exact) mass is 414 g/mol. The van der Waals surface area contributed by atoms with E-state index in [1.165, 1.54) is 0 Å². The Labute approximate surface area is 181 Å². The predicted molar refractivity (Wildman–Crippen MR) is 123 cm³/mol. The van der Waals surface area contributed by atoms with E-state index in [1.54, 1.807) is 12.1 Å². The molecule has 7 heteroatoms. The van der Waals surface area contributed by atoms with Gasteiger partial charge in [0.2, 0.25) is 11.9 Å². The topological polar surface area (TPSA) is 112 Å². The molecule has 0 saturated carbocycles. The molecule has 1 amide bonds. The molecule has 158 valence electrons. The summed E-state index contributed by atoms with van der Waals surface area (Å²) in [5.41, 5.74) is 15.8. The van der Waals surface area contributed by atoms with Gasteiger partial charge in [-0.1, -0.05) is 50.2 Å². The van der Waals surface area contributed by atoms with E-state index in [4.69, 9.17) is 16.5 Å². The summed E-state index contributed by atoms with van der Waals surface area (Å²) in [5.74, 6) is 1.05. The van der Waals surface area contributed by atoms with E-state index < -0.39 is 5.91 Å². The summed E-state index contributed by atoms with van der Waals surface area (Å²) in [4.78, 5) is 21.4. The van der Waals surface area contributed by atoms with Crippen molar-refractivity contribution >= 4 is 22.6 Å². The average molecular weight is 415 g/mol. The number of rotatable bonds is 7. The molecule has 31 heavy (non-hydrogen) atoms. The van der Waals surface area contributed by atoms with Crippen LogP contribution in [0.4, 0.5) is 5.82 Å². The van der Waals surface area contributed by atoms with Crippen molar-refractivity contribution < 1.29 is 4.79 Å². The molecular formula is C24H26N6O. The Bertz CT molecular complexity index is 1230. The van der Waals surface area contributed by atoms with E-state index in [0.717, 1.165) is 33.5 Å². The molecule has 0 aliphatic carbocycles. The van der Waals surface area contributed by atoms with Crippen LogP contribution in [0.25, 0.3) is 16.9 Å². The maximum Gasteiger partial charge on any atom is 0.249 e. The van der Waals surface area contributed by atoms with E-state index in [1.807, 2.05) is 41.1 Å². The maximum absolute atomic E-state index is 11.9. The molecule has 4 rings (SSSR count). The molecule has 0 saturated heterocycles. The van der Waals surface area contributed by atoms with E-state index in [-0.39, 0.29) is 12.5 Å². The SMILES string of the molecule is CC(C)c1cnc(-n2c(CN)cc3c(C(N)=O)cccc32)nc1NCc1ccccc1. The minimum Gasteiger partial charge on any atom is -0.366 e. The Morgan fingerprint density at radius 1 is 1.13 bits per heavy atom. The van der Waals surface area contributed by atoms with Crippen LogP contribution in [0.15, 0.2) is 60.8 Å². The van der Waals surface area contributed by atoms with Gasteiger partial charge in [-0.25, -0.2) is 4.98 Å². The predicted octanol–water partition coefficient (Wildman–Crippen LogP) is 3.71. The highest BCUT2D eigenvalue weighted by Crippen LogP contribution is 2.28. The molecule has 0 aliphatic rings. The normalized spacial score (nSPS) is 11.2. The second kappa shape index (κ2) is 8.57. The Morgan fingerprint density at radius 3 is 2.58 bits per heavy atom. The van der Waals surface area contributed by atoms with Gasteiger partial charge in [-0.05, 0) is 29.7 Å². The largest absolute Gasteiger partial charge is 0.366 e. The summed E-state index contributed by atoms with van der Waals surface area (Å²) in [7, 11) is 0. The number of carbonyl (C=O) groups excluding carboxylic acids is 1. The lowest BCUT2D eigenvalue weighted by molar-refractivity contribution is 0.100. The molecule has 0 unspecified atom stereocenters. The third kappa shape index (κ3) is 4.00. The van der Waals surface area contributed by atoms with Crippen LogP contribution >= 0.6 is 0 Å². The minimum absolute atomic E-state index is 0.254. The fraction of sp³-hybridized carbons (Fsp3) is 0.208. The van der Waals surface area contributed by atoms with Crippen molar-refractivity contribution in [1.82, 2.24) is 14.5 Å². The number of fused-ring (bicyclic) bond motifs is 1. The van der Waals surface area contributed by atoms with Crippen molar-refractivity contribution in [3.05, 3.63) is 83.2 Å². The Hall–Kier alpha value is -3.71. The van der Waals surface area contributed by atoms with E-state index in [2.05, 4.69) is 36.3 Å². The molecule has 5 N–H and O–H groups in total. The van der Waals surface area contributed by atoms with E-state index >= 15 is 0 Å². The fourth-order valence-electron chi connectivity index (χ4n) is 3.72. The van der Waals surface area contributed by atoms with Gasteiger partial charge in [0, 0.05) is 41.5 Å². The van der Waals surface area contributed by atoms with Crippen molar-refractivity contribution in [3.63, 3.8) is 0 Å². The van der Waals surface area contributed by atoms with Crippen molar-refractivity contribution in [3.8, 4) is 5.95 Å². The van der Waals surface area contributed by atoms with Gasteiger partial charge in [-0.3, -0.25) is 9.36 Å². The molecule has 2 heterocycles. The molecule has 0 aliphatic heterocycles. The number of benzene rings is 2. The van der Waals surface area contributed by atoms with Gasteiger partial charge in [-0.2, -0.15) is 4.98 Å². The molecule has 0 fully saturated rings. The standard InChI is InChI=1S/C24H26N6O/c1-15(2)20-14-28-24(29-23(20)27-13-16-7-4-3-5-8-16)30-17(12-25)11-19-18(22(26)31)9-6-10-21(19)30/h3-11,14-15H,12-13,25H2,1-2H3,(H2,26,31)(H,27,28,29). The Kier molecular flexibility index (Phi) is 5.68. The van der Waals surface area contributed by atoms with Crippen molar-refractivity contribution in [2.24, 2.45) is 11.5 Å². The first-order chi connectivity index (χ1) is 15.0. The summed E-state index contributed by atoms with van der Waals surface area (Å²) >= 11 is 0. The Balaban J connectivity index is 1.82. The van der Waals surface area contributed by atoms with Crippen LogP contribution in [0.2, 0.25) is 0 Å². The minimum atomic E-state index is -0.479. The number of carbonyl (C=O) groups is 1. The zero-order valence-electron chi connectivity index (χ0n) is 17.7. The smallest absolute Gasteiger partial charge is 0.249 e. The lowest BCUT2D eigenvalue weighted by Gasteiger charge is -2.16. The lowest BCUT2D eigenvalue weighted by Crippen LogP contribution is -2.13. The van der Waals surface area contributed by atoms with Gasteiger partial charge in [0.1, 0.15) is 5.82 Å². The van der Waals surface area contributed by atoms with Gasteiger partial charge in [0.05, 0.1) is 5.52 Å². The van der Waals surface area contributed by atoms with Crippen LogP contribution in [-0.2, 0) is 13.1 Å². The summed E-state index contributed by atoms with van der Waals surface area (Å²) in [6.07, 6.45) is 1.85. The van der Waals surface area contributed by atoms with Crippen LogP contribution in [0.1, 0.15) is 46.9 Å². The van der Waals surface area contributed by atoms with Crippen LogP contribution < -0.4 is 16.8 Å². The number of nitrogens with zero attached hydrogens (tertiary/aromatic N) is 3. The number of amides is 1. The summed E-state index contributed by atoms with van der Waals surface area (Å²) in [6, 6.07) is 17.5. The van der Waals surface area contributed by atoms with Gasteiger partial charge in [-0.15, -0.1) is 0 Å². The summed E-state index contributed by atoms with van der Waals surface area (Å²) < 4.78 is 1.89. The zero-order chi connectivity index (χ0) is 22.0.